The fourth-order valence-electron chi connectivity index (χ4n) is 4.48. The van der Waals surface area contributed by atoms with Crippen LogP contribution < -0.4 is 9.62 Å². The molecule has 0 aliphatic rings. The third-order valence-electron chi connectivity index (χ3n) is 6.80. The van der Waals surface area contributed by atoms with Crippen molar-refractivity contribution in [2.24, 2.45) is 0 Å². The Morgan fingerprint density at radius 3 is 2.00 bits per heavy atom. The van der Waals surface area contributed by atoms with E-state index in [0.29, 0.717) is 18.7 Å². The Labute approximate surface area is 239 Å². The van der Waals surface area contributed by atoms with Crippen molar-refractivity contribution in [2.75, 3.05) is 23.7 Å². The largest absolute Gasteiger partial charge is 0.355 e. The number of sulfonamides is 1. The summed E-state index contributed by atoms with van der Waals surface area (Å²) in [6.07, 6.45) is 1.39. The Kier molecular flexibility index (Phi) is 10.1. The molecule has 7 nitrogen and oxygen atoms in total. The normalized spacial score (nSPS) is 12.4. The first-order chi connectivity index (χ1) is 18.8. The Hall–Kier alpha value is -3.65. The monoisotopic (exact) mass is 563 g/mol. The number of carbonyl (C=O) groups is 2. The van der Waals surface area contributed by atoms with Crippen LogP contribution in [0, 0.1) is 6.92 Å². The molecule has 214 valence electrons. The zero-order chi connectivity index (χ0) is 29.5. The number of rotatable bonds is 11. The summed E-state index contributed by atoms with van der Waals surface area (Å²) < 4.78 is 27.0. The van der Waals surface area contributed by atoms with E-state index in [0.717, 1.165) is 32.8 Å². The van der Waals surface area contributed by atoms with Gasteiger partial charge in [0.1, 0.15) is 12.6 Å². The molecule has 0 aromatic heterocycles. The van der Waals surface area contributed by atoms with Crippen LogP contribution in [-0.2, 0) is 38.0 Å². The number of benzene rings is 3. The van der Waals surface area contributed by atoms with Crippen molar-refractivity contribution in [3.05, 3.63) is 101 Å². The summed E-state index contributed by atoms with van der Waals surface area (Å²) in [6.45, 7) is 10.2. The first-order valence-corrected chi connectivity index (χ1v) is 15.4. The lowest BCUT2D eigenvalue weighted by atomic mass is 9.87. The molecule has 2 amide bonds. The molecule has 1 atom stereocenters. The number of aryl methyl sites for hydroxylation is 1. The van der Waals surface area contributed by atoms with Crippen molar-refractivity contribution in [2.45, 2.75) is 59.0 Å². The van der Waals surface area contributed by atoms with Crippen molar-refractivity contribution in [1.29, 1.82) is 0 Å². The highest BCUT2D eigenvalue weighted by Crippen LogP contribution is 2.26. The minimum absolute atomic E-state index is 0.105. The van der Waals surface area contributed by atoms with Crippen molar-refractivity contribution in [3.63, 3.8) is 0 Å². The molecule has 0 aliphatic carbocycles. The number of nitrogens with zero attached hydrogens (tertiary/aromatic N) is 2. The maximum Gasteiger partial charge on any atom is 0.244 e. The molecule has 3 aromatic carbocycles. The molecule has 0 saturated heterocycles. The minimum Gasteiger partial charge on any atom is -0.355 e. The summed E-state index contributed by atoms with van der Waals surface area (Å²) in [5, 5.41) is 2.87. The summed E-state index contributed by atoms with van der Waals surface area (Å²) in [6, 6.07) is 23.7. The van der Waals surface area contributed by atoms with Crippen LogP contribution in [0.1, 0.15) is 49.9 Å². The quantitative estimate of drug-likeness (QED) is 0.362. The van der Waals surface area contributed by atoms with E-state index in [2.05, 4.69) is 26.1 Å². The first kappa shape index (κ1) is 30.9. The van der Waals surface area contributed by atoms with E-state index in [4.69, 9.17) is 0 Å². The molecule has 0 unspecified atom stereocenters. The Bertz CT molecular complexity index is 1380. The van der Waals surface area contributed by atoms with Crippen LogP contribution in [0.25, 0.3) is 0 Å². The molecule has 0 fully saturated rings. The Morgan fingerprint density at radius 2 is 1.48 bits per heavy atom. The summed E-state index contributed by atoms with van der Waals surface area (Å²) in [7, 11) is -3.80. The maximum absolute atomic E-state index is 14.1. The molecule has 0 spiro atoms. The van der Waals surface area contributed by atoms with E-state index in [9.17, 15) is 18.0 Å². The molecule has 3 rings (SSSR count). The molecule has 0 radical (unpaired) electrons. The molecule has 0 heterocycles. The zero-order valence-electron chi connectivity index (χ0n) is 24.3. The summed E-state index contributed by atoms with van der Waals surface area (Å²) >= 11 is 0. The maximum atomic E-state index is 14.1. The van der Waals surface area contributed by atoms with Crippen LogP contribution in [0.15, 0.2) is 78.9 Å². The van der Waals surface area contributed by atoms with E-state index in [1.165, 1.54) is 4.90 Å². The highest BCUT2D eigenvalue weighted by Gasteiger charge is 2.33. The van der Waals surface area contributed by atoms with Crippen molar-refractivity contribution in [1.82, 2.24) is 10.2 Å². The second-order valence-electron chi connectivity index (χ2n) is 11.2. The summed E-state index contributed by atoms with van der Waals surface area (Å²) in [4.78, 5) is 28.9. The molecule has 8 heteroatoms. The van der Waals surface area contributed by atoms with Crippen LogP contribution in [0.3, 0.4) is 0 Å². The predicted molar refractivity (Wildman–Crippen MR) is 162 cm³/mol. The van der Waals surface area contributed by atoms with Crippen LogP contribution in [-0.4, -0.2) is 50.5 Å². The van der Waals surface area contributed by atoms with Gasteiger partial charge in [-0.15, -0.1) is 0 Å². The second kappa shape index (κ2) is 13.1. The molecule has 0 bridgehead atoms. The Balaban J connectivity index is 2.02. The molecule has 0 aliphatic heterocycles. The van der Waals surface area contributed by atoms with Crippen molar-refractivity contribution < 1.29 is 18.0 Å². The van der Waals surface area contributed by atoms with Gasteiger partial charge in [0.05, 0.1) is 11.9 Å². The predicted octanol–water partition coefficient (Wildman–Crippen LogP) is 4.83. The summed E-state index contributed by atoms with van der Waals surface area (Å²) in [5.41, 5.74) is 4.17. The second-order valence-corrected chi connectivity index (χ2v) is 13.1. The zero-order valence-corrected chi connectivity index (χ0v) is 25.2. The molecule has 3 aromatic rings. The molecule has 40 heavy (non-hydrogen) atoms. The van der Waals surface area contributed by atoms with Gasteiger partial charge in [0.2, 0.25) is 21.8 Å². The molecular weight excluding hydrogens is 522 g/mol. The van der Waals surface area contributed by atoms with E-state index < -0.39 is 28.5 Å². The van der Waals surface area contributed by atoms with Gasteiger partial charge in [-0.1, -0.05) is 93.1 Å². The van der Waals surface area contributed by atoms with Gasteiger partial charge in [0, 0.05) is 19.5 Å². The molecule has 0 saturated carbocycles. The fraction of sp³-hybridized carbons (Fsp3) is 0.375. The number of hydrogen-bond donors (Lipinski definition) is 1. The van der Waals surface area contributed by atoms with Gasteiger partial charge in [-0.25, -0.2) is 8.42 Å². The first-order valence-electron chi connectivity index (χ1n) is 13.5. The van der Waals surface area contributed by atoms with Gasteiger partial charge in [-0.3, -0.25) is 13.9 Å². The lowest BCUT2D eigenvalue weighted by molar-refractivity contribution is -0.140. The van der Waals surface area contributed by atoms with Crippen molar-refractivity contribution in [3.8, 4) is 0 Å². The topological polar surface area (TPSA) is 86.8 Å². The number of hydrogen-bond acceptors (Lipinski definition) is 4. The van der Waals surface area contributed by atoms with Crippen molar-refractivity contribution >= 4 is 27.5 Å². The highest BCUT2D eigenvalue weighted by atomic mass is 32.2. The van der Waals surface area contributed by atoms with Crippen LogP contribution in [0.5, 0.6) is 0 Å². The van der Waals surface area contributed by atoms with E-state index in [-0.39, 0.29) is 17.9 Å². The van der Waals surface area contributed by atoms with Crippen LogP contribution in [0.4, 0.5) is 5.69 Å². The molecule has 1 N–H and O–H groups in total. The van der Waals surface area contributed by atoms with E-state index in [1.54, 1.807) is 12.1 Å². The number of likely N-dealkylation sites (N-methyl/N-ethyl adjacent to an activating group) is 1. The third kappa shape index (κ3) is 8.42. The third-order valence-corrected chi connectivity index (χ3v) is 7.94. The summed E-state index contributed by atoms with van der Waals surface area (Å²) in [5.74, 6) is -0.745. The van der Waals surface area contributed by atoms with Gasteiger partial charge in [-0.05, 0) is 48.1 Å². The van der Waals surface area contributed by atoms with E-state index >= 15 is 0 Å². The smallest absolute Gasteiger partial charge is 0.244 e. The number of nitrogens with one attached hydrogen (secondary N) is 1. The van der Waals surface area contributed by atoms with Crippen LogP contribution >= 0.6 is 0 Å². The lowest BCUT2D eigenvalue weighted by Crippen LogP contribution is -2.53. The SMILES string of the molecule is CCNC(=O)[C@H](Cc1ccccc1)N(Cc1ccc(C)cc1)C(=O)CN(c1ccc(C(C)(C)C)cc1)S(C)(=O)=O. The van der Waals surface area contributed by atoms with Gasteiger partial charge in [0.25, 0.3) is 0 Å². The fourth-order valence-corrected chi connectivity index (χ4v) is 5.33. The number of amides is 2. The van der Waals surface area contributed by atoms with Gasteiger partial charge < -0.3 is 10.2 Å². The lowest BCUT2D eigenvalue weighted by Gasteiger charge is -2.33. The minimum atomic E-state index is -3.80. The number of anilines is 1. The van der Waals surface area contributed by atoms with Gasteiger partial charge >= 0.3 is 0 Å². The Morgan fingerprint density at radius 1 is 0.875 bits per heavy atom. The standard InChI is InChI=1S/C32H41N3O4S/c1-7-33-31(37)29(21-25-11-9-8-10-12-25)34(22-26-15-13-24(2)14-16-26)30(36)23-35(40(6,38)39)28-19-17-27(18-20-28)32(3,4)5/h8-20,29H,7,21-23H2,1-6H3,(H,33,37)/t29-/m0/s1. The average molecular weight is 564 g/mol. The highest BCUT2D eigenvalue weighted by molar-refractivity contribution is 7.92. The van der Waals surface area contributed by atoms with Gasteiger partial charge in [-0.2, -0.15) is 0 Å². The molecular formula is C32H41N3O4S. The van der Waals surface area contributed by atoms with Gasteiger partial charge in [0.15, 0.2) is 0 Å². The number of carbonyl (C=O) groups excluding carboxylic acids is 2. The average Bonchev–Trinajstić information content (AvgIpc) is 2.90. The van der Waals surface area contributed by atoms with E-state index in [1.807, 2.05) is 80.6 Å². The van der Waals surface area contributed by atoms with Crippen LogP contribution in [0.2, 0.25) is 0 Å².